The fraction of sp³-hybridized carbons (Fsp3) is 0.333. The summed E-state index contributed by atoms with van der Waals surface area (Å²) < 4.78 is 0. The van der Waals surface area contributed by atoms with Crippen LogP contribution in [0, 0.1) is 25.7 Å². The van der Waals surface area contributed by atoms with Gasteiger partial charge in [-0.15, -0.1) is 0 Å². The van der Waals surface area contributed by atoms with Crippen LogP contribution in [-0.4, -0.2) is 25.4 Å². The van der Waals surface area contributed by atoms with Gasteiger partial charge in [-0.2, -0.15) is 0 Å². The summed E-state index contributed by atoms with van der Waals surface area (Å²) in [4.78, 5) is 27.2. The maximum absolute atomic E-state index is 13.0. The van der Waals surface area contributed by atoms with E-state index in [1.807, 2.05) is 68.4 Å². The molecule has 0 heterocycles. The van der Waals surface area contributed by atoms with Crippen molar-refractivity contribution in [2.45, 2.75) is 41.5 Å². The summed E-state index contributed by atoms with van der Waals surface area (Å²) >= 11 is 0. The Morgan fingerprint density at radius 1 is 0.886 bits per heavy atom. The molecule has 0 aliphatic heterocycles. The van der Waals surface area contributed by atoms with Crippen LogP contribution < -0.4 is 15.5 Å². The smallest absolute Gasteiger partial charge is 0.323 e. The van der Waals surface area contributed by atoms with Crippen molar-refractivity contribution >= 4 is 29.4 Å². The summed E-state index contributed by atoms with van der Waals surface area (Å²) in [6.07, 6.45) is 0.902. The van der Waals surface area contributed by atoms with Gasteiger partial charge in [0, 0.05) is 24.3 Å². The fourth-order valence-corrected chi connectivity index (χ4v) is 4.24. The standard InChI is InChI=1S/C30H37N3O2/c1-20(2)17-33(18-21(3)4)29-15-12-24(26-9-7-8-23(6)27(26)19-34)16-28(29)32-30(35)31-25-13-10-22(5)11-14-25/h7-16,19-21H,17-18H2,1-6H3,(H2,31,32,35). The number of carbonyl (C=O) groups excluding carboxylic acids is 2. The summed E-state index contributed by atoms with van der Waals surface area (Å²) in [6, 6.07) is 19.3. The van der Waals surface area contributed by atoms with Gasteiger partial charge >= 0.3 is 6.03 Å². The summed E-state index contributed by atoms with van der Waals surface area (Å²) in [5.41, 5.74) is 6.88. The maximum Gasteiger partial charge on any atom is 0.323 e. The molecule has 3 rings (SSSR count). The molecule has 0 bridgehead atoms. The number of rotatable bonds is 9. The molecule has 0 fully saturated rings. The molecule has 3 aromatic carbocycles. The Labute approximate surface area is 209 Å². The zero-order valence-corrected chi connectivity index (χ0v) is 21.7. The molecule has 2 N–H and O–H groups in total. The highest BCUT2D eigenvalue weighted by molar-refractivity contribution is 6.03. The Balaban J connectivity index is 2.04. The van der Waals surface area contributed by atoms with Crippen LogP contribution in [0.5, 0.6) is 0 Å². The fourth-order valence-electron chi connectivity index (χ4n) is 4.24. The van der Waals surface area contributed by atoms with Crippen LogP contribution in [0.25, 0.3) is 11.1 Å². The Bertz CT molecular complexity index is 1160. The molecule has 0 unspecified atom stereocenters. The van der Waals surface area contributed by atoms with E-state index in [4.69, 9.17) is 0 Å². The van der Waals surface area contributed by atoms with Gasteiger partial charge in [0.05, 0.1) is 11.4 Å². The lowest BCUT2D eigenvalue weighted by atomic mass is 9.96. The largest absolute Gasteiger partial charge is 0.369 e. The van der Waals surface area contributed by atoms with E-state index in [2.05, 4.69) is 49.3 Å². The predicted octanol–water partition coefficient (Wildman–Crippen LogP) is 7.55. The Morgan fingerprint density at radius 2 is 1.54 bits per heavy atom. The van der Waals surface area contributed by atoms with Crippen LogP contribution in [0.4, 0.5) is 21.9 Å². The Kier molecular flexibility index (Phi) is 8.69. The number of nitrogens with one attached hydrogen (secondary N) is 2. The van der Waals surface area contributed by atoms with Gasteiger partial charge < -0.3 is 15.5 Å². The molecule has 184 valence electrons. The molecule has 2 amide bonds. The average Bonchev–Trinajstić information content (AvgIpc) is 2.79. The van der Waals surface area contributed by atoms with Crippen molar-refractivity contribution in [2.75, 3.05) is 28.6 Å². The first-order valence-corrected chi connectivity index (χ1v) is 12.3. The molecule has 0 saturated carbocycles. The van der Waals surface area contributed by atoms with Gasteiger partial charge in [0.2, 0.25) is 0 Å². The third-order valence-corrected chi connectivity index (χ3v) is 5.82. The van der Waals surface area contributed by atoms with E-state index in [1.54, 1.807) is 0 Å². The number of amides is 2. The lowest BCUT2D eigenvalue weighted by Crippen LogP contribution is -2.32. The van der Waals surface area contributed by atoms with E-state index >= 15 is 0 Å². The van der Waals surface area contributed by atoms with E-state index in [9.17, 15) is 9.59 Å². The molecule has 0 aliphatic rings. The number of anilines is 3. The molecule has 0 radical (unpaired) electrons. The minimum absolute atomic E-state index is 0.304. The molecule has 0 spiro atoms. The molecule has 3 aromatic rings. The SMILES string of the molecule is Cc1ccc(NC(=O)Nc2cc(-c3cccc(C)c3C=O)ccc2N(CC(C)C)CC(C)C)cc1. The van der Waals surface area contributed by atoms with Crippen molar-refractivity contribution in [3.05, 3.63) is 77.4 Å². The zero-order valence-electron chi connectivity index (χ0n) is 21.7. The van der Waals surface area contributed by atoms with Gasteiger partial charge in [0.1, 0.15) is 0 Å². The summed E-state index contributed by atoms with van der Waals surface area (Å²) in [5.74, 6) is 0.919. The molecule has 0 aromatic heterocycles. The van der Waals surface area contributed by atoms with Crippen molar-refractivity contribution < 1.29 is 9.59 Å². The van der Waals surface area contributed by atoms with E-state index in [-0.39, 0.29) is 6.03 Å². The van der Waals surface area contributed by atoms with Gasteiger partial charge in [0.15, 0.2) is 6.29 Å². The van der Waals surface area contributed by atoms with Crippen molar-refractivity contribution in [3.63, 3.8) is 0 Å². The number of hydrogen-bond donors (Lipinski definition) is 2. The molecule has 0 aliphatic carbocycles. The third-order valence-electron chi connectivity index (χ3n) is 5.82. The minimum atomic E-state index is -0.304. The quantitative estimate of drug-likeness (QED) is 0.317. The van der Waals surface area contributed by atoms with Gasteiger partial charge in [-0.05, 0) is 66.6 Å². The molecule has 0 atom stereocenters. The highest BCUT2D eigenvalue weighted by atomic mass is 16.2. The monoisotopic (exact) mass is 471 g/mol. The molecule has 0 saturated heterocycles. The van der Waals surface area contributed by atoms with E-state index in [1.165, 1.54) is 0 Å². The lowest BCUT2D eigenvalue weighted by molar-refractivity contribution is 0.112. The van der Waals surface area contributed by atoms with Crippen molar-refractivity contribution in [2.24, 2.45) is 11.8 Å². The van der Waals surface area contributed by atoms with Crippen LogP contribution >= 0.6 is 0 Å². The molecular weight excluding hydrogens is 434 g/mol. The highest BCUT2D eigenvalue weighted by Gasteiger charge is 2.18. The average molecular weight is 472 g/mol. The van der Waals surface area contributed by atoms with E-state index < -0.39 is 0 Å². The predicted molar refractivity (Wildman–Crippen MR) is 148 cm³/mol. The second-order valence-electron chi connectivity index (χ2n) is 10.0. The van der Waals surface area contributed by atoms with Gasteiger partial charge in [-0.1, -0.05) is 69.7 Å². The number of aldehydes is 1. The van der Waals surface area contributed by atoms with Crippen LogP contribution in [0.15, 0.2) is 60.7 Å². The Morgan fingerprint density at radius 3 is 2.14 bits per heavy atom. The number of nitrogens with zero attached hydrogens (tertiary/aromatic N) is 1. The van der Waals surface area contributed by atoms with Crippen LogP contribution in [-0.2, 0) is 0 Å². The summed E-state index contributed by atoms with van der Waals surface area (Å²) in [6.45, 7) is 14.5. The number of hydrogen-bond acceptors (Lipinski definition) is 3. The topological polar surface area (TPSA) is 61.4 Å². The van der Waals surface area contributed by atoms with Crippen molar-refractivity contribution in [1.29, 1.82) is 0 Å². The first kappa shape index (κ1) is 26.0. The summed E-state index contributed by atoms with van der Waals surface area (Å²) in [5, 5.41) is 6.01. The molecule has 35 heavy (non-hydrogen) atoms. The lowest BCUT2D eigenvalue weighted by Gasteiger charge is -2.31. The third kappa shape index (κ3) is 6.95. The number of carbonyl (C=O) groups is 2. The van der Waals surface area contributed by atoms with Crippen LogP contribution in [0.1, 0.15) is 49.2 Å². The molecular formula is C30H37N3O2. The Hall–Kier alpha value is -3.60. The summed E-state index contributed by atoms with van der Waals surface area (Å²) in [7, 11) is 0. The van der Waals surface area contributed by atoms with Crippen LogP contribution in [0.3, 0.4) is 0 Å². The van der Waals surface area contributed by atoms with Gasteiger partial charge in [-0.3, -0.25) is 4.79 Å². The normalized spacial score (nSPS) is 11.0. The number of benzene rings is 3. The van der Waals surface area contributed by atoms with E-state index in [0.29, 0.717) is 23.1 Å². The first-order chi connectivity index (χ1) is 16.7. The van der Waals surface area contributed by atoms with E-state index in [0.717, 1.165) is 53.0 Å². The zero-order chi connectivity index (χ0) is 25.5. The molecule has 5 nitrogen and oxygen atoms in total. The maximum atomic E-state index is 13.0. The second-order valence-corrected chi connectivity index (χ2v) is 10.0. The van der Waals surface area contributed by atoms with Gasteiger partial charge in [-0.25, -0.2) is 4.79 Å². The van der Waals surface area contributed by atoms with Crippen molar-refractivity contribution in [3.8, 4) is 11.1 Å². The van der Waals surface area contributed by atoms with Gasteiger partial charge in [0.25, 0.3) is 0 Å². The molecule has 5 heteroatoms. The number of urea groups is 1. The second kappa shape index (κ2) is 11.7. The number of aryl methyl sites for hydroxylation is 2. The minimum Gasteiger partial charge on any atom is -0.369 e. The highest BCUT2D eigenvalue weighted by Crippen LogP contribution is 2.34. The van der Waals surface area contributed by atoms with Crippen molar-refractivity contribution in [1.82, 2.24) is 0 Å². The van der Waals surface area contributed by atoms with Crippen LogP contribution in [0.2, 0.25) is 0 Å². The first-order valence-electron chi connectivity index (χ1n) is 12.3.